The fourth-order valence-electron chi connectivity index (χ4n) is 2.99. The number of aliphatic hydroxyl groups is 1. The van der Waals surface area contributed by atoms with Crippen LogP contribution in [0, 0.1) is 17.3 Å². The van der Waals surface area contributed by atoms with Crippen molar-refractivity contribution in [3.05, 3.63) is 0 Å². The highest BCUT2D eigenvalue weighted by atomic mass is 32.1. The summed E-state index contributed by atoms with van der Waals surface area (Å²) in [5.41, 5.74) is -1.78. The minimum atomic E-state index is -1.16. The maximum atomic E-state index is 13.1. The molecule has 0 heterocycles. The smallest absolute Gasteiger partial charge is 0.308 e. The first kappa shape index (κ1) is 27.4. The second kappa shape index (κ2) is 12.2. The Kier molecular flexibility index (Phi) is 11.9. The fraction of sp³-hybridized carbons (Fsp3) is 0.905. The van der Waals surface area contributed by atoms with Gasteiger partial charge < -0.3 is 18.8 Å². The van der Waals surface area contributed by atoms with Gasteiger partial charge in [-0.3, -0.25) is 9.59 Å². The Hall–Kier alpha value is -0.630. The minimum absolute atomic E-state index is 0.0490. The van der Waals surface area contributed by atoms with E-state index in [2.05, 4.69) is 19.8 Å². The van der Waals surface area contributed by atoms with Gasteiger partial charge in [0.05, 0.1) is 30.7 Å². The second-order valence-electron chi connectivity index (χ2n) is 9.16. The number of unbranched alkanes of at least 4 members (excludes halogenated alkanes) is 1. The van der Waals surface area contributed by atoms with Gasteiger partial charge in [0.15, 0.2) is 0 Å². The third kappa shape index (κ3) is 9.25. The molecule has 0 spiro atoms. The van der Waals surface area contributed by atoms with Crippen molar-refractivity contribution in [3.8, 4) is 0 Å². The number of carbonyl (C=O) groups excluding carboxylic acids is 2. The highest BCUT2D eigenvalue weighted by molar-refractivity contribution is 7.75. The molecule has 0 aromatic heterocycles. The van der Waals surface area contributed by atoms with E-state index in [0.717, 1.165) is 12.8 Å². The summed E-state index contributed by atoms with van der Waals surface area (Å²) in [6, 6.07) is 0. The van der Waals surface area contributed by atoms with E-state index < -0.39 is 35.1 Å². The zero-order valence-corrected chi connectivity index (χ0v) is 19.7. The number of hydrogen-bond acceptors (Lipinski definition) is 7. The molecule has 0 aliphatic rings. The van der Waals surface area contributed by atoms with Crippen molar-refractivity contribution in [3.63, 3.8) is 0 Å². The van der Waals surface area contributed by atoms with Crippen LogP contribution in [0.2, 0.25) is 0 Å². The van der Waals surface area contributed by atoms with Crippen molar-refractivity contribution in [1.29, 1.82) is 0 Å². The van der Waals surface area contributed by atoms with Crippen molar-refractivity contribution >= 4 is 24.7 Å². The molecule has 0 saturated heterocycles. The van der Waals surface area contributed by atoms with Crippen LogP contribution in [0.3, 0.4) is 0 Å². The molecule has 0 radical (unpaired) electrons. The number of hydrogen-bond donors (Lipinski definition) is 2. The fourth-order valence-corrected chi connectivity index (χ4v) is 3.39. The molecule has 0 rings (SSSR count). The summed E-state index contributed by atoms with van der Waals surface area (Å²) in [5, 5.41) is 10.6. The first-order valence-corrected chi connectivity index (χ1v) is 10.5. The number of ether oxygens (including phenoxy) is 2. The largest absolute Gasteiger partial charge is 0.460 e. The third-order valence-electron chi connectivity index (χ3n) is 4.86. The highest BCUT2D eigenvalue weighted by Gasteiger charge is 2.43. The van der Waals surface area contributed by atoms with Crippen LogP contribution in [-0.2, 0) is 23.2 Å². The molecule has 4 atom stereocenters. The number of aliphatic hydroxyl groups excluding tert-OH is 1. The van der Waals surface area contributed by atoms with E-state index in [1.165, 1.54) is 0 Å². The minimum Gasteiger partial charge on any atom is -0.460 e. The van der Waals surface area contributed by atoms with E-state index in [0.29, 0.717) is 13.2 Å². The molecule has 7 heteroatoms. The van der Waals surface area contributed by atoms with E-state index in [-0.39, 0.29) is 18.1 Å². The van der Waals surface area contributed by atoms with Crippen LogP contribution in [0.5, 0.6) is 0 Å². The average molecular weight is 421 g/mol. The van der Waals surface area contributed by atoms with Crippen molar-refractivity contribution in [2.75, 3.05) is 13.2 Å². The van der Waals surface area contributed by atoms with Crippen LogP contribution in [0.1, 0.15) is 74.7 Å². The molecule has 166 valence electrons. The summed E-state index contributed by atoms with van der Waals surface area (Å²) in [7, 11) is 0. The van der Waals surface area contributed by atoms with Gasteiger partial charge in [0.25, 0.3) is 0 Å². The van der Waals surface area contributed by atoms with Crippen molar-refractivity contribution in [2.24, 2.45) is 17.3 Å². The van der Waals surface area contributed by atoms with Gasteiger partial charge in [-0.1, -0.05) is 41.0 Å². The number of thiol groups is 1. The first-order chi connectivity index (χ1) is 12.8. The molecule has 1 N–H and O–H groups in total. The number of Topliss-reactive ketones (excluding diaryl/α,β-unsaturated/α-hetero) is 1. The standard InChI is InChI=1S/C21H40O6S/c1-9-10-11-25-13-14(2)18(27-28)15(3)19(24)21(7,8)16(22)12-17(23)26-20(4,5)6/h14-16,18,22,28H,9-13H2,1-8H3/t14-,15+,16?,18-/m0/s1. The number of carbonyl (C=O) groups is 2. The molecule has 0 aromatic carbocycles. The molecule has 1 unspecified atom stereocenters. The first-order valence-electron chi connectivity index (χ1n) is 10.1. The van der Waals surface area contributed by atoms with Gasteiger partial charge >= 0.3 is 5.97 Å². The number of rotatable bonds is 13. The lowest BCUT2D eigenvalue weighted by molar-refractivity contribution is -0.160. The monoisotopic (exact) mass is 420 g/mol. The van der Waals surface area contributed by atoms with Crippen LogP contribution in [0.15, 0.2) is 0 Å². The Morgan fingerprint density at radius 2 is 1.68 bits per heavy atom. The molecule has 0 amide bonds. The molecule has 0 fully saturated rings. The Balaban J connectivity index is 4.99. The lowest BCUT2D eigenvalue weighted by Crippen LogP contribution is -2.46. The van der Waals surface area contributed by atoms with E-state index in [4.69, 9.17) is 13.7 Å². The Morgan fingerprint density at radius 1 is 1.11 bits per heavy atom. The van der Waals surface area contributed by atoms with Crippen LogP contribution in [-0.4, -0.2) is 47.9 Å². The van der Waals surface area contributed by atoms with Crippen LogP contribution >= 0.6 is 12.9 Å². The Bertz CT molecular complexity index is 486. The van der Waals surface area contributed by atoms with Crippen molar-refractivity contribution in [2.45, 2.75) is 92.5 Å². The van der Waals surface area contributed by atoms with Gasteiger partial charge in [0.1, 0.15) is 11.4 Å². The molecule has 28 heavy (non-hydrogen) atoms. The Morgan fingerprint density at radius 3 is 2.14 bits per heavy atom. The van der Waals surface area contributed by atoms with Gasteiger partial charge in [-0.25, -0.2) is 0 Å². The van der Waals surface area contributed by atoms with Crippen LogP contribution in [0.4, 0.5) is 0 Å². The average Bonchev–Trinajstić information content (AvgIpc) is 2.56. The summed E-state index contributed by atoms with van der Waals surface area (Å²) in [6.45, 7) is 15.5. The molecular weight excluding hydrogens is 380 g/mol. The third-order valence-corrected chi connectivity index (χ3v) is 5.10. The van der Waals surface area contributed by atoms with Gasteiger partial charge in [0.2, 0.25) is 0 Å². The SMILES string of the molecule is CCCCOC[C@H](C)[C@H](OS)[C@@H](C)C(=O)C(C)(C)C(O)CC(=O)OC(C)(C)C. The molecular formula is C21H40O6S. The summed E-state index contributed by atoms with van der Waals surface area (Å²) in [5.74, 6) is -1.30. The predicted molar refractivity (Wildman–Crippen MR) is 113 cm³/mol. The zero-order chi connectivity index (χ0) is 22.1. The van der Waals surface area contributed by atoms with Crippen LogP contribution < -0.4 is 0 Å². The number of ketones is 1. The maximum absolute atomic E-state index is 13.1. The molecule has 0 aliphatic heterocycles. The topological polar surface area (TPSA) is 82.1 Å². The van der Waals surface area contributed by atoms with Gasteiger partial charge in [-0.05, 0) is 40.1 Å². The van der Waals surface area contributed by atoms with Gasteiger partial charge in [0, 0.05) is 18.4 Å². The highest BCUT2D eigenvalue weighted by Crippen LogP contribution is 2.32. The lowest BCUT2D eigenvalue weighted by atomic mass is 9.73. The van der Waals surface area contributed by atoms with E-state index >= 15 is 0 Å². The molecule has 6 nitrogen and oxygen atoms in total. The van der Waals surface area contributed by atoms with E-state index in [9.17, 15) is 14.7 Å². The second-order valence-corrected chi connectivity index (χ2v) is 9.37. The normalized spacial score (nSPS) is 16.9. The lowest BCUT2D eigenvalue weighted by Gasteiger charge is -2.35. The van der Waals surface area contributed by atoms with E-state index in [1.54, 1.807) is 41.5 Å². The Labute approximate surface area is 176 Å². The molecule has 0 aliphatic carbocycles. The summed E-state index contributed by atoms with van der Waals surface area (Å²) in [4.78, 5) is 25.1. The van der Waals surface area contributed by atoms with E-state index in [1.807, 2.05) is 6.92 Å². The maximum Gasteiger partial charge on any atom is 0.308 e. The van der Waals surface area contributed by atoms with Gasteiger partial charge in [-0.15, -0.1) is 0 Å². The van der Waals surface area contributed by atoms with Gasteiger partial charge in [-0.2, -0.15) is 0 Å². The zero-order valence-electron chi connectivity index (χ0n) is 18.8. The van der Waals surface area contributed by atoms with Crippen LogP contribution in [0.25, 0.3) is 0 Å². The van der Waals surface area contributed by atoms with Crippen molar-refractivity contribution in [1.82, 2.24) is 0 Å². The molecule has 0 aromatic rings. The molecule has 0 saturated carbocycles. The summed E-state index contributed by atoms with van der Waals surface area (Å²) in [6.07, 6.45) is 0.168. The summed E-state index contributed by atoms with van der Waals surface area (Å²) < 4.78 is 16.2. The number of esters is 1. The molecule has 0 bridgehead atoms. The van der Waals surface area contributed by atoms with Crippen molar-refractivity contribution < 1.29 is 28.4 Å². The predicted octanol–water partition coefficient (Wildman–Crippen LogP) is 3.99. The quantitative estimate of drug-likeness (QED) is 0.203. The summed E-state index contributed by atoms with van der Waals surface area (Å²) >= 11 is 3.96.